The van der Waals surface area contributed by atoms with Crippen LogP contribution in [0.2, 0.25) is 0 Å². The summed E-state index contributed by atoms with van der Waals surface area (Å²) in [5.41, 5.74) is 19.7. The standard InChI is InChI=1S/C21H29N7O.C16H23F4NO/c1-21(2,3)17-11-15-13-28(20(29)27-18(15)26-17)16-7-5-14(6-8-16)12-24-9-4-10-25-19(22)23;1-10(21)6-5-7-11-8-12(15(2,3)4)14(17)13(9-11)22-16(18,19)20/h5-8,11,13,24H,4,9-10,12H2,1-3H3,(H4,22,23,25)(H,26,27,29);8-10H,5-7,21H2,1-4H3/t;10-/m.0/s1. The fourth-order valence-corrected chi connectivity index (χ4v) is 5.17. The Morgan fingerprint density at radius 1 is 1.00 bits per heavy atom. The van der Waals surface area contributed by atoms with Gasteiger partial charge < -0.3 is 32.2 Å². The molecule has 0 fully saturated rings. The molecule has 0 aliphatic carbocycles. The van der Waals surface area contributed by atoms with Gasteiger partial charge in [0.25, 0.3) is 0 Å². The number of aromatic nitrogens is 3. The van der Waals surface area contributed by atoms with E-state index in [1.54, 1.807) is 31.4 Å². The van der Waals surface area contributed by atoms with Gasteiger partial charge in [-0.15, -0.1) is 13.2 Å². The van der Waals surface area contributed by atoms with Gasteiger partial charge in [-0.3, -0.25) is 9.56 Å². The van der Waals surface area contributed by atoms with Crippen molar-refractivity contribution in [3.05, 3.63) is 87.3 Å². The number of hydrogen-bond donors (Lipinski definition) is 5. The number of benzene rings is 2. The Labute approximate surface area is 296 Å². The predicted octanol–water partition coefficient (Wildman–Crippen LogP) is 6.46. The summed E-state index contributed by atoms with van der Waals surface area (Å²) in [6.07, 6.45) is -0.215. The van der Waals surface area contributed by atoms with E-state index >= 15 is 0 Å². The van der Waals surface area contributed by atoms with Crippen molar-refractivity contribution >= 4 is 17.0 Å². The van der Waals surface area contributed by atoms with Crippen LogP contribution in [0, 0.1) is 5.82 Å². The Hall–Kier alpha value is -4.43. The largest absolute Gasteiger partial charge is 0.573 e. The zero-order valence-electron chi connectivity index (χ0n) is 30.5. The molecule has 1 atom stereocenters. The average molecular weight is 717 g/mol. The van der Waals surface area contributed by atoms with Gasteiger partial charge in [0.05, 0.1) is 5.69 Å². The molecule has 10 nitrogen and oxygen atoms in total. The molecule has 0 saturated heterocycles. The van der Waals surface area contributed by atoms with E-state index in [1.165, 1.54) is 0 Å². The van der Waals surface area contributed by atoms with Crippen molar-refractivity contribution in [2.24, 2.45) is 22.2 Å². The quantitative estimate of drug-likeness (QED) is 0.0487. The van der Waals surface area contributed by atoms with E-state index in [-0.39, 0.29) is 28.7 Å². The number of halogens is 4. The molecule has 8 N–H and O–H groups in total. The number of guanidine groups is 1. The number of H-pyrrole nitrogens is 1. The van der Waals surface area contributed by atoms with Crippen molar-refractivity contribution in [1.82, 2.24) is 19.9 Å². The predicted molar refractivity (Wildman–Crippen MR) is 196 cm³/mol. The third-order valence-electron chi connectivity index (χ3n) is 7.92. The number of nitrogens with two attached hydrogens (primary N) is 3. The fraction of sp³-hybridized carbons (Fsp3) is 0.486. The van der Waals surface area contributed by atoms with Gasteiger partial charge in [-0.25, -0.2) is 9.18 Å². The molecule has 2 aromatic heterocycles. The molecule has 4 rings (SSSR count). The van der Waals surface area contributed by atoms with Crippen LogP contribution in [0.25, 0.3) is 16.7 Å². The van der Waals surface area contributed by atoms with Gasteiger partial charge in [0.1, 0.15) is 5.65 Å². The lowest BCUT2D eigenvalue weighted by molar-refractivity contribution is -0.275. The van der Waals surface area contributed by atoms with E-state index in [1.807, 2.05) is 37.4 Å². The van der Waals surface area contributed by atoms with Crippen LogP contribution >= 0.6 is 0 Å². The first-order chi connectivity index (χ1) is 23.6. The number of aryl methyl sites for hydroxylation is 1. The summed E-state index contributed by atoms with van der Waals surface area (Å²) in [7, 11) is 0. The average Bonchev–Trinajstić information content (AvgIpc) is 3.43. The molecule has 0 saturated carbocycles. The van der Waals surface area contributed by atoms with Gasteiger partial charge in [0, 0.05) is 41.8 Å². The van der Waals surface area contributed by atoms with Crippen LogP contribution in [0.4, 0.5) is 17.6 Å². The first-order valence-electron chi connectivity index (χ1n) is 17.0. The second-order valence-electron chi connectivity index (χ2n) is 14.8. The van der Waals surface area contributed by atoms with Crippen LogP contribution in [0.5, 0.6) is 5.75 Å². The summed E-state index contributed by atoms with van der Waals surface area (Å²) in [5, 5.41) is 4.27. The molecule has 0 unspecified atom stereocenters. The highest BCUT2D eigenvalue weighted by molar-refractivity contribution is 5.76. The summed E-state index contributed by atoms with van der Waals surface area (Å²) in [6, 6.07) is 12.7. The van der Waals surface area contributed by atoms with Crippen molar-refractivity contribution < 1.29 is 22.3 Å². The Morgan fingerprint density at radius 3 is 2.24 bits per heavy atom. The number of rotatable bonds is 12. The minimum absolute atomic E-state index is 0.0217. The molecule has 0 aliphatic heterocycles. The number of aliphatic imine (C=N–C) groups is 1. The minimum atomic E-state index is -4.92. The van der Waals surface area contributed by atoms with Crippen LogP contribution in [-0.2, 0) is 23.8 Å². The summed E-state index contributed by atoms with van der Waals surface area (Å²) >= 11 is 0. The van der Waals surface area contributed by atoms with Gasteiger partial charge in [0.2, 0.25) is 0 Å². The fourth-order valence-electron chi connectivity index (χ4n) is 5.17. The Bertz CT molecular complexity index is 1810. The Kier molecular flexibility index (Phi) is 13.8. The SMILES string of the molecule is CC(C)(C)c1cc2cn(-c3ccc(CNCCCN=C(N)N)cc3)c(=O)nc2[nH]1.C[C@H](N)CCCc1cc(OC(F)(F)F)c(F)c(C(C)(C)C)c1. The van der Waals surface area contributed by atoms with Gasteiger partial charge in [-0.05, 0) is 85.5 Å². The van der Waals surface area contributed by atoms with Crippen LogP contribution in [0.1, 0.15) is 90.1 Å². The maximum atomic E-state index is 14.3. The van der Waals surface area contributed by atoms with Crippen LogP contribution in [0.15, 0.2) is 58.4 Å². The smallest absolute Gasteiger partial charge is 0.403 e. The van der Waals surface area contributed by atoms with E-state index in [0.29, 0.717) is 24.2 Å². The molecule has 14 heteroatoms. The third kappa shape index (κ3) is 13.0. The maximum absolute atomic E-state index is 14.3. The van der Waals surface area contributed by atoms with E-state index in [9.17, 15) is 22.4 Å². The first-order valence-corrected chi connectivity index (χ1v) is 17.0. The number of aromatic amines is 1. The topological polar surface area (TPSA) is 162 Å². The van der Waals surface area contributed by atoms with Crippen molar-refractivity contribution in [3.8, 4) is 11.4 Å². The van der Waals surface area contributed by atoms with Crippen molar-refractivity contribution in [3.63, 3.8) is 0 Å². The lowest BCUT2D eigenvalue weighted by atomic mass is 9.85. The number of nitrogens with one attached hydrogen (secondary N) is 2. The number of alkyl halides is 3. The number of nitrogens with zero attached hydrogens (tertiary/aromatic N) is 3. The van der Waals surface area contributed by atoms with E-state index in [0.717, 1.165) is 60.7 Å². The van der Waals surface area contributed by atoms with Crippen LogP contribution < -0.4 is 32.9 Å². The zero-order valence-corrected chi connectivity index (χ0v) is 30.5. The van der Waals surface area contributed by atoms with Gasteiger partial charge in [-0.1, -0.05) is 59.7 Å². The first kappa shape index (κ1) is 41.0. The number of ether oxygens (including phenoxy) is 1. The summed E-state index contributed by atoms with van der Waals surface area (Å²) in [4.78, 5) is 23.9. The molecule has 0 bridgehead atoms. The van der Waals surface area contributed by atoms with Crippen molar-refractivity contribution in [1.29, 1.82) is 0 Å². The molecule has 280 valence electrons. The van der Waals surface area contributed by atoms with Crippen molar-refractivity contribution in [2.45, 2.75) is 104 Å². The molecule has 0 aliphatic rings. The zero-order chi connectivity index (χ0) is 38.1. The number of hydrogen-bond acceptors (Lipinski definition) is 6. The van der Waals surface area contributed by atoms with Crippen LogP contribution in [-0.4, -0.2) is 46.0 Å². The minimum Gasteiger partial charge on any atom is -0.403 e. The lowest BCUT2D eigenvalue weighted by Crippen LogP contribution is -2.23. The van der Waals surface area contributed by atoms with Gasteiger partial charge in [0.15, 0.2) is 17.5 Å². The Morgan fingerprint density at radius 2 is 1.67 bits per heavy atom. The van der Waals surface area contributed by atoms with Crippen LogP contribution in [0.3, 0.4) is 0 Å². The van der Waals surface area contributed by atoms with E-state index in [4.69, 9.17) is 17.2 Å². The molecule has 4 aromatic rings. The highest BCUT2D eigenvalue weighted by atomic mass is 19.4. The van der Waals surface area contributed by atoms with E-state index < -0.39 is 23.3 Å². The maximum Gasteiger partial charge on any atom is 0.573 e. The summed E-state index contributed by atoms with van der Waals surface area (Å²) in [5.74, 6) is -1.60. The monoisotopic (exact) mass is 716 g/mol. The third-order valence-corrected chi connectivity index (χ3v) is 7.92. The molecular formula is C37H52F4N8O2. The summed E-state index contributed by atoms with van der Waals surface area (Å²) < 4.78 is 57.0. The molecule has 2 heterocycles. The molecule has 0 radical (unpaired) electrons. The van der Waals surface area contributed by atoms with E-state index in [2.05, 4.69) is 51.9 Å². The molecule has 51 heavy (non-hydrogen) atoms. The van der Waals surface area contributed by atoms with Gasteiger partial charge in [-0.2, -0.15) is 4.98 Å². The summed E-state index contributed by atoms with van der Waals surface area (Å²) in [6.45, 7) is 15.6. The highest BCUT2D eigenvalue weighted by Gasteiger charge is 2.34. The normalized spacial score (nSPS) is 12.7. The number of fused-ring (bicyclic) bond motifs is 1. The molecule has 0 amide bonds. The van der Waals surface area contributed by atoms with Gasteiger partial charge >= 0.3 is 12.1 Å². The molecular weight excluding hydrogens is 664 g/mol. The lowest BCUT2D eigenvalue weighted by Gasteiger charge is -2.23. The second kappa shape index (κ2) is 17.2. The highest BCUT2D eigenvalue weighted by Crippen LogP contribution is 2.35. The Balaban J connectivity index is 0.000000287. The molecule has 2 aromatic carbocycles. The molecule has 0 spiro atoms. The van der Waals surface area contributed by atoms with Crippen molar-refractivity contribution in [2.75, 3.05) is 13.1 Å². The second-order valence-corrected chi connectivity index (χ2v) is 14.8.